The van der Waals surface area contributed by atoms with Gasteiger partial charge in [-0.1, -0.05) is 35.9 Å². The maximum atomic E-state index is 13.3. The van der Waals surface area contributed by atoms with E-state index in [-0.39, 0.29) is 5.69 Å². The number of rotatable bonds is 5. The largest absolute Gasteiger partial charge is 0.497 e. The second kappa shape index (κ2) is 9.90. The summed E-state index contributed by atoms with van der Waals surface area (Å²) in [7, 11) is 1.50. The maximum absolute atomic E-state index is 13.3. The second-order valence-corrected chi connectivity index (χ2v) is 8.35. The number of halogens is 1. The van der Waals surface area contributed by atoms with Crippen LogP contribution in [0.25, 0.3) is 10.9 Å². The van der Waals surface area contributed by atoms with E-state index >= 15 is 0 Å². The topological polar surface area (TPSA) is 101 Å². The standard InChI is InChI=1S/C26H23ClN4O4/c1-15-6-4-7-16(2)23(15)29-24(32)22-13-17-12-18(27)10-11-21(17)31(22)30-26(34)25(33)28-19-8-5-9-20(14-19)35-3/h4-14H,1-3H3,(H,28,33)(H,29,32)(H,30,34). The fourth-order valence-electron chi connectivity index (χ4n) is 3.70. The molecule has 0 bridgehead atoms. The third-order valence-electron chi connectivity index (χ3n) is 5.46. The first-order valence-corrected chi connectivity index (χ1v) is 11.1. The van der Waals surface area contributed by atoms with E-state index in [1.54, 1.807) is 48.5 Å². The van der Waals surface area contributed by atoms with E-state index in [1.165, 1.54) is 11.8 Å². The highest BCUT2D eigenvalue weighted by atomic mass is 35.5. The third-order valence-corrected chi connectivity index (χ3v) is 5.70. The van der Waals surface area contributed by atoms with Gasteiger partial charge in [-0.2, -0.15) is 0 Å². The second-order valence-electron chi connectivity index (χ2n) is 7.92. The zero-order valence-electron chi connectivity index (χ0n) is 19.3. The SMILES string of the molecule is COc1cccc(NC(=O)C(=O)Nn2c(C(=O)Nc3c(C)cccc3C)cc3cc(Cl)ccc32)c1. The van der Waals surface area contributed by atoms with Crippen LogP contribution in [0.3, 0.4) is 0 Å². The number of nitrogens with one attached hydrogen (secondary N) is 3. The molecule has 8 nitrogen and oxygen atoms in total. The Bertz CT molecular complexity index is 1440. The molecule has 4 aromatic rings. The van der Waals surface area contributed by atoms with Crippen molar-refractivity contribution in [1.82, 2.24) is 4.68 Å². The number of para-hydroxylation sites is 1. The molecule has 0 fully saturated rings. The number of carbonyl (C=O) groups is 3. The Labute approximate surface area is 206 Å². The minimum atomic E-state index is -0.957. The molecule has 3 N–H and O–H groups in total. The highest BCUT2D eigenvalue weighted by Crippen LogP contribution is 2.25. The molecule has 0 spiro atoms. The number of nitrogens with zero attached hydrogens (tertiary/aromatic N) is 1. The number of hydrogen-bond donors (Lipinski definition) is 3. The van der Waals surface area contributed by atoms with Crippen LogP contribution in [0.4, 0.5) is 11.4 Å². The zero-order valence-corrected chi connectivity index (χ0v) is 20.1. The van der Waals surface area contributed by atoms with Gasteiger partial charge in [0.2, 0.25) is 0 Å². The first-order chi connectivity index (χ1) is 16.8. The number of anilines is 2. The average molecular weight is 491 g/mol. The van der Waals surface area contributed by atoms with E-state index < -0.39 is 17.7 Å². The van der Waals surface area contributed by atoms with Gasteiger partial charge in [0.15, 0.2) is 0 Å². The van der Waals surface area contributed by atoms with Crippen molar-refractivity contribution < 1.29 is 19.1 Å². The van der Waals surface area contributed by atoms with Crippen LogP contribution in [0.2, 0.25) is 5.02 Å². The molecule has 0 aliphatic carbocycles. The van der Waals surface area contributed by atoms with Gasteiger partial charge in [-0.25, -0.2) is 4.68 Å². The van der Waals surface area contributed by atoms with Crippen molar-refractivity contribution in [3.63, 3.8) is 0 Å². The number of aromatic nitrogens is 1. The molecule has 3 aromatic carbocycles. The van der Waals surface area contributed by atoms with Gasteiger partial charge in [-0.05, 0) is 61.4 Å². The Morgan fingerprint density at radius 3 is 2.29 bits per heavy atom. The molecule has 0 radical (unpaired) electrons. The van der Waals surface area contributed by atoms with Crippen molar-refractivity contribution in [1.29, 1.82) is 0 Å². The van der Waals surface area contributed by atoms with Crippen molar-refractivity contribution in [2.24, 2.45) is 0 Å². The van der Waals surface area contributed by atoms with E-state index in [4.69, 9.17) is 16.3 Å². The number of hydrogen-bond acceptors (Lipinski definition) is 4. The van der Waals surface area contributed by atoms with Gasteiger partial charge in [0, 0.05) is 27.8 Å². The van der Waals surface area contributed by atoms with E-state index in [2.05, 4.69) is 16.1 Å². The minimum Gasteiger partial charge on any atom is -0.497 e. The number of benzene rings is 3. The van der Waals surface area contributed by atoms with Crippen LogP contribution >= 0.6 is 11.6 Å². The molecule has 0 aliphatic heterocycles. The number of aryl methyl sites for hydroxylation is 2. The molecule has 0 saturated carbocycles. The number of ether oxygens (including phenoxy) is 1. The van der Waals surface area contributed by atoms with E-state index in [0.29, 0.717) is 33.0 Å². The summed E-state index contributed by atoms with van der Waals surface area (Å²) < 4.78 is 6.42. The number of fused-ring (bicyclic) bond motifs is 1. The molecule has 4 rings (SSSR count). The summed E-state index contributed by atoms with van der Waals surface area (Å²) >= 11 is 6.13. The lowest BCUT2D eigenvalue weighted by atomic mass is 10.1. The van der Waals surface area contributed by atoms with Crippen LogP contribution in [0.1, 0.15) is 21.6 Å². The molecule has 0 unspecified atom stereocenters. The van der Waals surface area contributed by atoms with Gasteiger partial charge < -0.3 is 15.4 Å². The van der Waals surface area contributed by atoms with Crippen molar-refractivity contribution in [3.8, 4) is 5.75 Å². The lowest BCUT2D eigenvalue weighted by molar-refractivity contribution is -0.133. The summed E-state index contributed by atoms with van der Waals surface area (Å²) in [5, 5.41) is 6.52. The molecule has 1 aromatic heterocycles. The van der Waals surface area contributed by atoms with Crippen molar-refractivity contribution in [2.75, 3.05) is 23.2 Å². The Morgan fingerprint density at radius 2 is 1.57 bits per heavy atom. The normalized spacial score (nSPS) is 10.6. The molecular weight excluding hydrogens is 468 g/mol. The summed E-state index contributed by atoms with van der Waals surface area (Å²) in [5.41, 5.74) is 6.02. The molecule has 35 heavy (non-hydrogen) atoms. The summed E-state index contributed by atoms with van der Waals surface area (Å²) in [6.07, 6.45) is 0. The Hall–Kier alpha value is -4.30. The van der Waals surface area contributed by atoms with Gasteiger partial charge in [0.1, 0.15) is 11.4 Å². The predicted molar refractivity (Wildman–Crippen MR) is 137 cm³/mol. The Morgan fingerprint density at radius 1 is 0.857 bits per heavy atom. The van der Waals surface area contributed by atoms with Crippen LogP contribution in [0.15, 0.2) is 66.7 Å². The van der Waals surface area contributed by atoms with Gasteiger partial charge >= 0.3 is 11.8 Å². The first kappa shape index (κ1) is 23.8. The van der Waals surface area contributed by atoms with Gasteiger partial charge in [-0.15, -0.1) is 0 Å². The van der Waals surface area contributed by atoms with Crippen molar-refractivity contribution >= 4 is 51.6 Å². The summed E-state index contributed by atoms with van der Waals surface area (Å²) in [4.78, 5) is 38.7. The Balaban J connectivity index is 1.64. The molecule has 3 amide bonds. The van der Waals surface area contributed by atoms with Crippen molar-refractivity contribution in [3.05, 3.63) is 88.6 Å². The smallest absolute Gasteiger partial charge is 0.328 e. The van der Waals surface area contributed by atoms with Gasteiger partial charge in [-0.3, -0.25) is 19.8 Å². The lowest BCUT2D eigenvalue weighted by Gasteiger charge is -2.15. The quantitative estimate of drug-likeness (QED) is 0.347. The summed E-state index contributed by atoms with van der Waals surface area (Å²) in [6.45, 7) is 3.78. The maximum Gasteiger partial charge on any atom is 0.328 e. The van der Waals surface area contributed by atoms with E-state index in [1.807, 2.05) is 32.0 Å². The molecule has 178 valence electrons. The third kappa shape index (κ3) is 5.12. The summed E-state index contributed by atoms with van der Waals surface area (Å²) in [5.74, 6) is -1.79. The van der Waals surface area contributed by atoms with Gasteiger partial charge in [0.05, 0.1) is 12.6 Å². The van der Waals surface area contributed by atoms with Gasteiger partial charge in [0.25, 0.3) is 5.91 Å². The minimum absolute atomic E-state index is 0.132. The van der Waals surface area contributed by atoms with Crippen LogP contribution < -0.4 is 20.8 Å². The summed E-state index contributed by atoms with van der Waals surface area (Å²) in [6, 6.07) is 18.9. The zero-order chi connectivity index (χ0) is 25.1. The number of carbonyl (C=O) groups excluding carboxylic acids is 3. The lowest BCUT2D eigenvalue weighted by Crippen LogP contribution is -2.36. The fourth-order valence-corrected chi connectivity index (χ4v) is 3.88. The molecule has 1 heterocycles. The predicted octanol–water partition coefficient (Wildman–Crippen LogP) is 4.88. The van der Waals surface area contributed by atoms with Crippen LogP contribution in [0, 0.1) is 13.8 Å². The van der Waals surface area contributed by atoms with Crippen LogP contribution in [-0.2, 0) is 9.59 Å². The molecule has 0 aliphatic rings. The molecule has 0 saturated heterocycles. The van der Waals surface area contributed by atoms with E-state index in [9.17, 15) is 14.4 Å². The average Bonchev–Trinajstić information content (AvgIpc) is 3.18. The fraction of sp³-hybridized carbons (Fsp3) is 0.115. The highest BCUT2D eigenvalue weighted by molar-refractivity contribution is 6.42. The number of amides is 3. The first-order valence-electron chi connectivity index (χ1n) is 10.7. The van der Waals surface area contributed by atoms with Crippen LogP contribution in [-0.4, -0.2) is 29.5 Å². The number of methoxy groups -OCH3 is 1. The monoisotopic (exact) mass is 490 g/mol. The molecule has 0 atom stereocenters. The van der Waals surface area contributed by atoms with E-state index in [0.717, 1.165) is 11.1 Å². The van der Waals surface area contributed by atoms with Crippen LogP contribution in [0.5, 0.6) is 5.75 Å². The van der Waals surface area contributed by atoms with Crippen molar-refractivity contribution in [2.45, 2.75) is 13.8 Å². The Kier molecular flexibility index (Phi) is 6.75. The molecule has 9 heteroatoms. The molecular formula is C26H23ClN4O4. The highest BCUT2D eigenvalue weighted by Gasteiger charge is 2.22.